The highest BCUT2D eigenvalue weighted by Gasteiger charge is 2.32. The monoisotopic (exact) mass is 201 g/mol. The normalized spacial score (nSPS) is 33.6. The molecule has 1 aliphatic heterocycles. The summed E-state index contributed by atoms with van der Waals surface area (Å²) in [7, 11) is 0. The molecule has 0 spiro atoms. The van der Waals surface area contributed by atoms with E-state index < -0.39 is 0 Å². The van der Waals surface area contributed by atoms with Gasteiger partial charge < -0.3 is 5.32 Å². The summed E-state index contributed by atoms with van der Waals surface area (Å²) in [5.74, 6) is 1.53. The van der Waals surface area contributed by atoms with Gasteiger partial charge in [0.15, 0.2) is 0 Å². The van der Waals surface area contributed by atoms with Crippen LogP contribution in [0.3, 0.4) is 0 Å². The van der Waals surface area contributed by atoms with E-state index in [1.807, 2.05) is 0 Å². The van der Waals surface area contributed by atoms with Gasteiger partial charge in [0.05, 0.1) is 0 Å². The van der Waals surface area contributed by atoms with Gasteiger partial charge in [-0.15, -0.1) is 0 Å². The highest BCUT2D eigenvalue weighted by atomic mass is 14.9. The third kappa shape index (κ3) is 1.33. The van der Waals surface area contributed by atoms with Crippen LogP contribution in [0.5, 0.6) is 0 Å². The molecule has 15 heavy (non-hydrogen) atoms. The first kappa shape index (κ1) is 9.41. The summed E-state index contributed by atoms with van der Waals surface area (Å²) in [6, 6.07) is 7.52. The van der Waals surface area contributed by atoms with E-state index in [2.05, 4.69) is 37.4 Å². The molecule has 1 heteroatoms. The molecule has 0 fully saturated rings. The zero-order valence-electron chi connectivity index (χ0n) is 9.59. The first-order valence-electron chi connectivity index (χ1n) is 6.12. The summed E-state index contributed by atoms with van der Waals surface area (Å²) in [6.45, 7) is 5.77. The van der Waals surface area contributed by atoms with Crippen LogP contribution in [0.2, 0.25) is 0 Å². The van der Waals surface area contributed by atoms with Crippen molar-refractivity contribution in [1.29, 1.82) is 0 Å². The molecule has 1 N–H and O–H groups in total. The van der Waals surface area contributed by atoms with Gasteiger partial charge in [-0.3, -0.25) is 0 Å². The van der Waals surface area contributed by atoms with Crippen molar-refractivity contribution >= 4 is 0 Å². The van der Waals surface area contributed by atoms with Gasteiger partial charge >= 0.3 is 0 Å². The maximum Gasteiger partial charge on any atom is 0.0211 e. The molecule has 3 unspecified atom stereocenters. The highest BCUT2D eigenvalue weighted by molar-refractivity contribution is 5.44. The number of benzene rings is 1. The summed E-state index contributed by atoms with van der Waals surface area (Å²) in [6.07, 6.45) is 2.71. The summed E-state index contributed by atoms with van der Waals surface area (Å²) in [5, 5.41) is 3.62. The van der Waals surface area contributed by atoms with Crippen LogP contribution in [-0.2, 0) is 6.54 Å². The third-order valence-corrected chi connectivity index (χ3v) is 4.26. The molecule has 1 aromatic rings. The molecule has 1 nitrogen and oxygen atoms in total. The van der Waals surface area contributed by atoms with E-state index in [1.165, 1.54) is 12.8 Å². The van der Waals surface area contributed by atoms with Gasteiger partial charge in [0.2, 0.25) is 0 Å². The maximum atomic E-state index is 3.62. The largest absolute Gasteiger partial charge is 0.310 e. The Morgan fingerprint density at radius 1 is 1.20 bits per heavy atom. The lowest BCUT2D eigenvalue weighted by Crippen LogP contribution is -2.39. The zero-order valence-corrected chi connectivity index (χ0v) is 9.59. The summed E-state index contributed by atoms with van der Waals surface area (Å²) in [4.78, 5) is 0. The molecule has 3 rings (SSSR count). The van der Waals surface area contributed by atoms with Gasteiger partial charge in [-0.25, -0.2) is 0 Å². The van der Waals surface area contributed by atoms with Crippen molar-refractivity contribution in [3.8, 4) is 0 Å². The zero-order chi connectivity index (χ0) is 10.4. The second-order valence-electron chi connectivity index (χ2n) is 5.17. The van der Waals surface area contributed by atoms with Crippen LogP contribution in [-0.4, -0.2) is 6.04 Å². The van der Waals surface area contributed by atoms with E-state index in [4.69, 9.17) is 0 Å². The number of hydrogen-bond donors (Lipinski definition) is 1. The van der Waals surface area contributed by atoms with Crippen molar-refractivity contribution in [3.05, 3.63) is 34.9 Å². The average molecular weight is 201 g/mol. The van der Waals surface area contributed by atoms with Crippen molar-refractivity contribution in [3.63, 3.8) is 0 Å². The minimum atomic E-state index is 0.658. The summed E-state index contributed by atoms with van der Waals surface area (Å²) >= 11 is 0. The molecule has 1 aliphatic carbocycles. The van der Waals surface area contributed by atoms with Gasteiger partial charge in [0, 0.05) is 12.6 Å². The Bertz CT molecular complexity index is 383. The van der Waals surface area contributed by atoms with Crippen molar-refractivity contribution < 1.29 is 0 Å². The van der Waals surface area contributed by atoms with Crippen molar-refractivity contribution in [1.82, 2.24) is 5.32 Å². The Balaban J connectivity index is 2.18. The standard InChI is InChI=1S/C14H19N/c1-9-6-7-13-10(2)15-8-11-4-3-5-12(9)14(11)13/h3-5,9-10,13,15H,6-8H2,1-2H3. The first-order chi connectivity index (χ1) is 7.27. The molecule has 1 heterocycles. The highest BCUT2D eigenvalue weighted by Crippen LogP contribution is 2.43. The van der Waals surface area contributed by atoms with Crippen LogP contribution in [0, 0.1) is 0 Å². The van der Waals surface area contributed by atoms with Crippen molar-refractivity contribution in [2.24, 2.45) is 0 Å². The molecule has 0 amide bonds. The molecule has 0 aromatic heterocycles. The Morgan fingerprint density at radius 2 is 2.07 bits per heavy atom. The van der Waals surface area contributed by atoms with E-state index in [-0.39, 0.29) is 0 Å². The van der Waals surface area contributed by atoms with E-state index in [1.54, 1.807) is 16.7 Å². The van der Waals surface area contributed by atoms with Crippen LogP contribution in [0.4, 0.5) is 0 Å². The van der Waals surface area contributed by atoms with Crippen LogP contribution in [0.1, 0.15) is 55.2 Å². The minimum absolute atomic E-state index is 0.658. The van der Waals surface area contributed by atoms with Gasteiger partial charge in [-0.2, -0.15) is 0 Å². The predicted molar refractivity (Wildman–Crippen MR) is 63.1 cm³/mol. The molecular formula is C14H19N. The maximum absolute atomic E-state index is 3.62. The summed E-state index contributed by atoms with van der Waals surface area (Å²) < 4.78 is 0. The predicted octanol–water partition coefficient (Wildman–Crippen LogP) is 3.16. The average Bonchev–Trinajstić information content (AvgIpc) is 2.26. The van der Waals surface area contributed by atoms with Gasteiger partial charge in [-0.05, 0) is 48.3 Å². The smallest absolute Gasteiger partial charge is 0.0211 e. The fourth-order valence-electron chi connectivity index (χ4n) is 3.31. The fraction of sp³-hybridized carbons (Fsp3) is 0.571. The lowest BCUT2D eigenvalue weighted by atomic mass is 9.71. The van der Waals surface area contributed by atoms with Crippen molar-refractivity contribution in [2.75, 3.05) is 0 Å². The molecule has 0 radical (unpaired) electrons. The lowest BCUT2D eigenvalue weighted by molar-refractivity contribution is 0.370. The first-order valence-corrected chi connectivity index (χ1v) is 6.12. The van der Waals surface area contributed by atoms with Crippen LogP contribution >= 0.6 is 0 Å². The number of rotatable bonds is 0. The third-order valence-electron chi connectivity index (χ3n) is 4.26. The van der Waals surface area contributed by atoms with Gasteiger partial charge in [0.25, 0.3) is 0 Å². The molecule has 80 valence electrons. The van der Waals surface area contributed by atoms with Gasteiger partial charge in [-0.1, -0.05) is 25.1 Å². The Kier molecular flexibility index (Phi) is 2.10. The van der Waals surface area contributed by atoms with Crippen molar-refractivity contribution in [2.45, 2.75) is 51.1 Å². The number of nitrogens with one attached hydrogen (secondary N) is 1. The van der Waals surface area contributed by atoms with Crippen LogP contribution < -0.4 is 5.32 Å². The quantitative estimate of drug-likeness (QED) is 0.680. The van der Waals surface area contributed by atoms with E-state index >= 15 is 0 Å². The van der Waals surface area contributed by atoms with E-state index in [0.29, 0.717) is 6.04 Å². The molecule has 0 saturated heterocycles. The number of hydrogen-bond acceptors (Lipinski definition) is 1. The fourth-order valence-corrected chi connectivity index (χ4v) is 3.31. The molecule has 0 bridgehead atoms. The Hall–Kier alpha value is -0.820. The lowest BCUT2D eigenvalue weighted by Gasteiger charge is -2.39. The van der Waals surface area contributed by atoms with Gasteiger partial charge in [0.1, 0.15) is 0 Å². The molecule has 3 atom stereocenters. The Labute approximate surface area is 91.9 Å². The van der Waals surface area contributed by atoms with Crippen LogP contribution in [0.15, 0.2) is 18.2 Å². The Morgan fingerprint density at radius 3 is 2.93 bits per heavy atom. The molecule has 2 aliphatic rings. The topological polar surface area (TPSA) is 12.0 Å². The van der Waals surface area contributed by atoms with Crippen LogP contribution in [0.25, 0.3) is 0 Å². The minimum Gasteiger partial charge on any atom is -0.310 e. The molecule has 0 saturated carbocycles. The summed E-state index contributed by atoms with van der Waals surface area (Å²) in [5.41, 5.74) is 4.85. The molecule has 1 aromatic carbocycles. The second kappa shape index (κ2) is 3.34. The van der Waals surface area contributed by atoms with E-state index in [0.717, 1.165) is 18.4 Å². The van der Waals surface area contributed by atoms with E-state index in [9.17, 15) is 0 Å². The molecular weight excluding hydrogens is 182 g/mol. The second-order valence-corrected chi connectivity index (χ2v) is 5.17. The SMILES string of the molecule is CC1CCC2c3c(cccc31)CNC2C.